The first-order chi connectivity index (χ1) is 10.4. The number of anilines is 1. The standard InChI is InChI=1S/C18H21NO2S/c1-11-9-12(2)18(13(3)10-11)19-17(21)8-6-15(20)16-7-5-14(4)22-16/h5,7,9-10H,6,8H2,1-4H3,(H,19,21). The quantitative estimate of drug-likeness (QED) is 0.821. The second-order valence-corrected chi connectivity index (χ2v) is 6.94. The van der Waals surface area contributed by atoms with Crippen LogP contribution in [0.15, 0.2) is 24.3 Å². The number of nitrogens with one attached hydrogen (secondary N) is 1. The summed E-state index contributed by atoms with van der Waals surface area (Å²) >= 11 is 1.48. The van der Waals surface area contributed by atoms with Gasteiger partial charge in [-0.3, -0.25) is 9.59 Å². The van der Waals surface area contributed by atoms with Crippen LogP contribution >= 0.6 is 11.3 Å². The minimum Gasteiger partial charge on any atom is -0.326 e. The van der Waals surface area contributed by atoms with Crippen molar-refractivity contribution in [3.8, 4) is 0 Å². The lowest BCUT2D eigenvalue weighted by molar-refractivity contribution is -0.116. The Hall–Kier alpha value is -1.94. The Morgan fingerprint density at radius 3 is 2.18 bits per heavy atom. The van der Waals surface area contributed by atoms with E-state index in [1.54, 1.807) is 0 Å². The summed E-state index contributed by atoms with van der Waals surface area (Å²) in [5, 5.41) is 2.93. The number of amides is 1. The lowest BCUT2D eigenvalue weighted by atomic mass is 10.0. The molecule has 1 aromatic carbocycles. The third kappa shape index (κ3) is 4.04. The third-order valence-corrected chi connectivity index (χ3v) is 4.58. The normalized spacial score (nSPS) is 10.5. The van der Waals surface area contributed by atoms with E-state index in [1.807, 2.05) is 52.0 Å². The molecule has 0 radical (unpaired) electrons. The summed E-state index contributed by atoms with van der Waals surface area (Å²) < 4.78 is 0. The molecule has 0 aliphatic heterocycles. The van der Waals surface area contributed by atoms with Crippen LogP contribution in [0.1, 0.15) is 44.1 Å². The fraction of sp³-hybridized carbons (Fsp3) is 0.333. The van der Waals surface area contributed by atoms with E-state index >= 15 is 0 Å². The summed E-state index contributed by atoms with van der Waals surface area (Å²) in [4.78, 5) is 25.9. The van der Waals surface area contributed by atoms with E-state index in [1.165, 1.54) is 16.9 Å². The molecule has 1 aromatic heterocycles. The molecule has 0 saturated carbocycles. The maximum absolute atomic E-state index is 12.1. The van der Waals surface area contributed by atoms with Crippen molar-refractivity contribution in [3.63, 3.8) is 0 Å². The van der Waals surface area contributed by atoms with Crippen LogP contribution in [0.25, 0.3) is 0 Å². The molecule has 1 heterocycles. The molecule has 0 saturated heterocycles. The number of carbonyl (C=O) groups excluding carboxylic acids is 2. The molecule has 2 aromatic rings. The van der Waals surface area contributed by atoms with E-state index in [-0.39, 0.29) is 24.5 Å². The molecule has 4 heteroatoms. The Morgan fingerprint density at radius 2 is 1.64 bits per heavy atom. The van der Waals surface area contributed by atoms with Crippen molar-refractivity contribution in [1.82, 2.24) is 0 Å². The monoisotopic (exact) mass is 315 g/mol. The number of aryl methyl sites for hydroxylation is 4. The maximum Gasteiger partial charge on any atom is 0.224 e. The minimum absolute atomic E-state index is 0.0330. The molecule has 0 aliphatic carbocycles. The summed E-state index contributed by atoms with van der Waals surface area (Å²) in [6.07, 6.45) is 0.457. The molecule has 0 spiro atoms. The molecule has 0 aliphatic rings. The highest BCUT2D eigenvalue weighted by Gasteiger charge is 2.13. The van der Waals surface area contributed by atoms with Gasteiger partial charge in [0, 0.05) is 23.4 Å². The Morgan fingerprint density at radius 1 is 1.00 bits per heavy atom. The van der Waals surface area contributed by atoms with E-state index < -0.39 is 0 Å². The number of hydrogen-bond acceptors (Lipinski definition) is 3. The second-order valence-electron chi connectivity index (χ2n) is 5.66. The molecule has 116 valence electrons. The first-order valence-corrected chi connectivity index (χ1v) is 8.16. The summed E-state index contributed by atoms with van der Waals surface area (Å²) in [5.74, 6) is -0.0812. The maximum atomic E-state index is 12.1. The predicted octanol–water partition coefficient (Wildman–Crippen LogP) is 4.58. The second kappa shape index (κ2) is 6.88. The third-order valence-electron chi connectivity index (χ3n) is 3.54. The van der Waals surface area contributed by atoms with Gasteiger partial charge in [0.1, 0.15) is 0 Å². The topological polar surface area (TPSA) is 46.2 Å². The summed E-state index contributed by atoms with van der Waals surface area (Å²) in [6.45, 7) is 7.97. The molecule has 0 fully saturated rings. The van der Waals surface area contributed by atoms with Gasteiger partial charge in [0.25, 0.3) is 0 Å². The average molecular weight is 315 g/mol. The number of thiophene rings is 1. The van der Waals surface area contributed by atoms with Crippen molar-refractivity contribution in [2.24, 2.45) is 0 Å². The molecular formula is C18H21NO2S. The summed E-state index contributed by atoms with van der Waals surface area (Å²) in [7, 11) is 0. The van der Waals surface area contributed by atoms with Crippen LogP contribution in [0.3, 0.4) is 0 Å². The zero-order chi connectivity index (χ0) is 16.3. The first kappa shape index (κ1) is 16.4. The van der Waals surface area contributed by atoms with Gasteiger partial charge in [-0.05, 0) is 51.0 Å². The van der Waals surface area contributed by atoms with Gasteiger partial charge in [-0.1, -0.05) is 17.7 Å². The van der Waals surface area contributed by atoms with Gasteiger partial charge in [0.2, 0.25) is 5.91 Å². The molecule has 0 atom stereocenters. The molecule has 0 bridgehead atoms. The van der Waals surface area contributed by atoms with E-state index in [9.17, 15) is 9.59 Å². The minimum atomic E-state index is -0.114. The van der Waals surface area contributed by atoms with Crippen LogP contribution in [0.4, 0.5) is 5.69 Å². The van der Waals surface area contributed by atoms with Crippen molar-refractivity contribution >= 4 is 28.7 Å². The number of hydrogen-bond donors (Lipinski definition) is 1. The molecule has 3 nitrogen and oxygen atoms in total. The summed E-state index contributed by atoms with van der Waals surface area (Å²) in [6, 6.07) is 7.84. The van der Waals surface area contributed by atoms with Crippen molar-refractivity contribution in [2.45, 2.75) is 40.5 Å². The molecule has 0 unspecified atom stereocenters. The largest absolute Gasteiger partial charge is 0.326 e. The van der Waals surface area contributed by atoms with Crippen molar-refractivity contribution < 1.29 is 9.59 Å². The zero-order valence-corrected chi connectivity index (χ0v) is 14.3. The van der Waals surface area contributed by atoms with E-state index in [2.05, 4.69) is 5.32 Å². The van der Waals surface area contributed by atoms with Crippen LogP contribution in [0.5, 0.6) is 0 Å². The highest BCUT2D eigenvalue weighted by atomic mass is 32.1. The predicted molar refractivity (Wildman–Crippen MR) is 91.9 cm³/mol. The smallest absolute Gasteiger partial charge is 0.224 e. The number of carbonyl (C=O) groups is 2. The number of rotatable bonds is 5. The van der Waals surface area contributed by atoms with Gasteiger partial charge in [-0.2, -0.15) is 0 Å². The average Bonchev–Trinajstić information content (AvgIpc) is 2.87. The Bertz CT molecular complexity index is 693. The van der Waals surface area contributed by atoms with Crippen LogP contribution in [-0.4, -0.2) is 11.7 Å². The van der Waals surface area contributed by atoms with Gasteiger partial charge in [-0.25, -0.2) is 0 Å². The van der Waals surface area contributed by atoms with Crippen molar-refractivity contribution in [3.05, 3.63) is 50.7 Å². The molecule has 22 heavy (non-hydrogen) atoms. The zero-order valence-electron chi connectivity index (χ0n) is 13.4. The summed E-state index contributed by atoms with van der Waals surface area (Å²) in [5.41, 5.74) is 4.13. The SMILES string of the molecule is Cc1cc(C)c(NC(=O)CCC(=O)c2ccc(C)s2)c(C)c1. The Labute approximate surface area is 135 Å². The van der Waals surface area contributed by atoms with Gasteiger partial charge in [0.05, 0.1) is 4.88 Å². The fourth-order valence-electron chi connectivity index (χ4n) is 2.51. The molecule has 1 amide bonds. The number of benzene rings is 1. The van der Waals surface area contributed by atoms with Gasteiger partial charge < -0.3 is 5.32 Å². The van der Waals surface area contributed by atoms with Crippen LogP contribution in [-0.2, 0) is 4.79 Å². The highest BCUT2D eigenvalue weighted by Crippen LogP contribution is 2.22. The van der Waals surface area contributed by atoms with E-state index in [0.29, 0.717) is 0 Å². The first-order valence-electron chi connectivity index (χ1n) is 7.34. The fourth-order valence-corrected chi connectivity index (χ4v) is 3.35. The van der Waals surface area contributed by atoms with E-state index in [4.69, 9.17) is 0 Å². The molecular weight excluding hydrogens is 294 g/mol. The number of Topliss-reactive ketones (excluding diaryl/α,β-unsaturated/α-hetero) is 1. The van der Waals surface area contributed by atoms with Crippen LogP contribution in [0, 0.1) is 27.7 Å². The molecule has 2 rings (SSSR count). The highest BCUT2D eigenvalue weighted by molar-refractivity contribution is 7.14. The van der Waals surface area contributed by atoms with Crippen molar-refractivity contribution in [1.29, 1.82) is 0 Å². The van der Waals surface area contributed by atoms with Gasteiger partial charge in [-0.15, -0.1) is 11.3 Å². The van der Waals surface area contributed by atoms with E-state index in [0.717, 1.165) is 26.6 Å². The molecule has 1 N–H and O–H groups in total. The number of ketones is 1. The van der Waals surface area contributed by atoms with Gasteiger partial charge >= 0.3 is 0 Å². The van der Waals surface area contributed by atoms with Crippen LogP contribution in [0.2, 0.25) is 0 Å². The van der Waals surface area contributed by atoms with Gasteiger partial charge in [0.15, 0.2) is 5.78 Å². The Kier molecular flexibility index (Phi) is 5.14. The lowest BCUT2D eigenvalue weighted by Crippen LogP contribution is -2.15. The lowest BCUT2D eigenvalue weighted by Gasteiger charge is -2.12. The Balaban J connectivity index is 1.95. The van der Waals surface area contributed by atoms with Crippen molar-refractivity contribution in [2.75, 3.05) is 5.32 Å². The van der Waals surface area contributed by atoms with Crippen LogP contribution < -0.4 is 5.32 Å².